The van der Waals surface area contributed by atoms with E-state index in [4.69, 9.17) is 10.8 Å². The molecule has 0 spiro atoms. The zero-order chi connectivity index (χ0) is 18.7. The lowest BCUT2D eigenvalue weighted by Gasteiger charge is -2.31. The van der Waals surface area contributed by atoms with Gasteiger partial charge in [0, 0.05) is 65.4 Å². The standard InChI is InChI=1S/C16H34N6O3/c1-19-5-6-20(2)8-10-22(14-16(24)25)12-11-21(9-7-19)13-15(23)18-4-3-17/h3-14,17H2,1-2H3,(H,18,23)(H,24,25). The van der Waals surface area contributed by atoms with Crippen LogP contribution in [-0.2, 0) is 9.59 Å². The van der Waals surface area contributed by atoms with Crippen molar-refractivity contribution >= 4 is 11.9 Å². The second-order valence-corrected chi connectivity index (χ2v) is 6.69. The van der Waals surface area contributed by atoms with Gasteiger partial charge in [0.15, 0.2) is 0 Å². The molecule has 1 aliphatic heterocycles. The molecule has 0 aromatic heterocycles. The van der Waals surface area contributed by atoms with E-state index in [2.05, 4.69) is 34.1 Å². The Morgan fingerprint density at radius 1 is 0.880 bits per heavy atom. The third kappa shape index (κ3) is 10.4. The summed E-state index contributed by atoms with van der Waals surface area (Å²) in [5, 5.41) is 11.9. The first-order valence-electron chi connectivity index (χ1n) is 8.91. The van der Waals surface area contributed by atoms with Gasteiger partial charge in [0.2, 0.25) is 5.91 Å². The van der Waals surface area contributed by atoms with Crippen LogP contribution in [0.3, 0.4) is 0 Å². The first-order chi connectivity index (χ1) is 11.9. The first-order valence-corrected chi connectivity index (χ1v) is 8.91. The van der Waals surface area contributed by atoms with Crippen molar-refractivity contribution in [2.75, 3.05) is 92.6 Å². The number of nitrogens with two attached hydrogens (primary N) is 1. The molecular weight excluding hydrogens is 324 g/mol. The van der Waals surface area contributed by atoms with Crippen LogP contribution in [0.1, 0.15) is 0 Å². The smallest absolute Gasteiger partial charge is 0.317 e. The summed E-state index contributed by atoms with van der Waals surface area (Å²) in [7, 11) is 4.15. The zero-order valence-corrected chi connectivity index (χ0v) is 15.6. The number of likely N-dealkylation sites (N-methyl/N-ethyl adjacent to an activating group) is 2. The number of aliphatic carboxylic acids is 1. The molecule has 9 nitrogen and oxygen atoms in total. The number of nitrogens with zero attached hydrogens (tertiary/aromatic N) is 4. The van der Waals surface area contributed by atoms with Crippen LogP contribution in [0.15, 0.2) is 0 Å². The molecule has 4 N–H and O–H groups in total. The van der Waals surface area contributed by atoms with Gasteiger partial charge < -0.3 is 26.0 Å². The van der Waals surface area contributed by atoms with E-state index in [0.717, 1.165) is 32.7 Å². The molecule has 1 rings (SSSR count). The number of carboxylic acid groups (broad SMARTS) is 1. The van der Waals surface area contributed by atoms with Crippen LogP contribution in [-0.4, -0.2) is 129 Å². The Morgan fingerprint density at radius 3 is 1.80 bits per heavy atom. The van der Waals surface area contributed by atoms with Crippen molar-refractivity contribution < 1.29 is 14.7 Å². The molecule has 0 bridgehead atoms. The van der Waals surface area contributed by atoms with Gasteiger partial charge in [-0.1, -0.05) is 0 Å². The molecule has 0 saturated carbocycles. The summed E-state index contributed by atoms with van der Waals surface area (Å²) in [5.74, 6) is -0.855. The van der Waals surface area contributed by atoms with Gasteiger partial charge in [0.05, 0.1) is 13.1 Å². The van der Waals surface area contributed by atoms with Crippen molar-refractivity contribution in [3.63, 3.8) is 0 Å². The zero-order valence-electron chi connectivity index (χ0n) is 15.6. The summed E-state index contributed by atoms with van der Waals surface area (Å²) in [6.07, 6.45) is 0. The first kappa shape index (κ1) is 21.8. The van der Waals surface area contributed by atoms with E-state index >= 15 is 0 Å². The minimum absolute atomic E-state index is 0.0287. The number of carbonyl (C=O) groups excluding carboxylic acids is 1. The number of carbonyl (C=O) groups is 2. The highest BCUT2D eigenvalue weighted by Crippen LogP contribution is 1.98. The average Bonchev–Trinajstić information content (AvgIpc) is 2.56. The van der Waals surface area contributed by atoms with Gasteiger partial charge in [-0.25, -0.2) is 0 Å². The van der Waals surface area contributed by atoms with E-state index in [0.29, 0.717) is 39.3 Å². The highest BCUT2D eigenvalue weighted by Gasteiger charge is 2.17. The fraction of sp³-hybridized carbons (Fsp3) is 0.875. The Bertz CT molecular complexity index is 409. The highest BCUT2D eigenvalue weighted by molar-refractivity contribution is 5.78. The number of nitrogens with one attached hydrogen (secondary N) is 1. The summed E-state index contributed by atoms with van der Waals surface area (Å²) in [6.45, 7) is 7.62. The number of hydrogen-bond donors (Lipinski definition) is 3. The Kier molecular flexibility index (Phi) is 10.6. The van der Waals surface area contributed by atoms with Gasteiger partial charge in [0.25, 0.3) is 0 Å². The van der Waals surface area contributed by atoms with Crippen molar-refractivity contribution in [1.82, 2.24) is 24.9 Å². The molecule has 9 heteroatoms. The number of rotatable bonds is 6. The Balaban J connectivity index is 2.65. The van der Waals surface area contributed by atoms with E-state index in [1.165, 1.54) is 0 Å². The Labute approximate surface area is 150 Å². The SMILES string of the molecule is CN1CCN(C)CCN(CC(=O)NCCN)CCN(CC(=O)O)CC1. The largest absolute Gasteiger partial charge is 0.480 e. The maximum absolute atomic E-state index is 12.0. The molecule has 146 valence electrons. The molecule has 1 heterocycles. The summed E-state index contributed by atoms with van der Waals surface area (Å²) in [4.78, 5) is 31.6. The van der Waals surface area contributed by atoms with E-state index in [9.17, 15) is 9.59 Å². The topological polar surface area (TPSA) is 105 Å². The van der Waals surface area contributed by atoms with Crippen molar-refractivity contribution in [2.45, 2.75) is 0 Å². The predicted octanol–water partition coefficient (Wildman–Crippen LogP) is -2.37. The lowest BCUT2D eigenvalue weighted by molar-refractivity contribution is -0.138. The summed E-state index contributed by atoms with van der Waals surface area (Å²) >= 11 is 0. The van der Waals surface area contributed by atoms with E-state index < -0.39 is 5.97 Å². The quantitative estimate of drug-likeness (QED) is 0.484. The molecule has 0 aliphatic carbocycles. The van der Waals surface area contributed by atoms with Gasteiger partial charge in [0.1, 0.15) is 0 Å². The molecule has 25 heavy (non-hydrogen) atoms. The van der Waals surface area contributed by atoms with Crippen LogP contribution in [0, 0.1) is 0 Å². The normalized spacial score (nSPS) is 20.6. The molecule has 0 radical (unpaired) electrons. The van der Waals surface area contributed by atoms with Crippen LogP contribution in [0.4, 0.5) is 0 Å². The Morgan fingerprint density at radius 2 is 1.32 bits per heavy atom. The molecule has 1 aliphatic rings. The molecule has 0 aromatic rings. The molecule has 1 amide bonds. The minimum atomic E-state index is -0.818. The molecule has 0 aromatic carbocycles. The van der Waals surface area contributed by atoms with Gasteiger partial charge in [-0.3, -0.25) is 19.4 Å². The van der Waals surface area contributed by atoms with Crippen molar-refractivity contribution in [2.24, 2.45) is 5.73 Å². The van der Waals surface area contributed by atoms with Gasteiger partial charge >= 0.3 is 5.97 Å². The number of hydrogen-bond acceptors (Lipinski definition) is 7. The van der Waals surface area contributed by atoms with Crippen molar-refractivity contribution in [3.05, 3.63) is 0 Å². The predicted molar refractivity (Wildman–Crippen MR) is 97.6 cm³/mol. The maximum atomic E-state index is 12.0. The molecular formula is C16H34N6O3. The Hall–Kier alpha value is -1.26. The summed E-state index contributed by atoms with van der Waals surface area (Å²) in [6, 6.07) is 0. The van der Waals surface area contributed by atoms with Crippen LogP contribution in [0.5, 0.6) is 0 Å². The van der Waals surface area contributed by atoms with Crippen LogP contribution in [0.25, 0.3) is 0 Å². The lowest BCUT2D eigenvalue weighted by atomic mass is 10.3. The number of amides is 1. The minimum Gasteiger partial charge on any atom is -0.480 e. The average molecular weight is 358 g/mol. The summed E-state index contributed by atoms with van der Waals surface area (Å²) < 4.78 is 0. The summed E-state index contributed by atoms with van der Waals surface area (Å²) in [5.41, 5.74) is 5.42. The number of carboxylic acids is 1. The van der Waals surface area contributed by atoms with Gasteiger partial charge in [-0.15, -0.1) is 0 Å². The van der Waals surface area contributed by atoms with Crippen molar-refractivity contribution in [3.8, 4) is 0 Å². The van der Waals surface area contributed by atoms with Gasteiger partial charge in [-0.05, 0) is 14.1 Å². The second kappa shape index (κ2) is 12.2. The van der Waals surface area contributed by atoms with Crippen LogP contribution < -0.4 is 11.1 Å². The van der Waals surface area contributed by atoms with Crippen LogP contribution in [0.2, 0.25) is 0 Å². The highest BCUT2D eigenvalue weighted by atomic mass is 16.4. The molecule has 0 atom stereocenters. The fourth-order valence-corrected chi connectivity index (χ4v) is 2.67. The lowest BCUT2D eigenvalue weighted by Crippen LogP contribution is -2.47. The molecule has 1 saturated heterocycles. The van der Waals surface area contributed by atoms with Crippen molar-refractivity contribution in [1.29, 1.82) is 0 Å². The second-order valence-electron chi connectivity index (χ2n) is 6.69. The molecule has 0 unspecified atom stereocenters. The molecule has 1 fully saturated rings. The monoisotopic (exact) mass is 358 g/mol. The fourth-order valence-electron chi connectivity index (χ4n) is 2.67. The van der Waals surface area contributed by atoms with Gasteiger partial charge in [-0.2, -0.15) is 0 Å². The van der Waals surface area contributed by atoms with E-state index in [1.807, 2.05) is 4.90 Å². The van der Waals surface area contributed by atoms with E-state index in [1.54, 1.807) is 0 Å². The third-order valence-corrected chi connectivity index (χ3v) is 4.38. The third-order valence-electron chi connectivity index (χ3n) is 4.38. The van der Waals surface area contributed by atoms with E-state index in [-0.39, 0.29) is 12.5 Å². The van der Waals surface area contributed by atoms with Crippen LogP contribution >= 0.6 is 0 Å². The maximum Gasteiger partial charge on any atom is 0.317 e.